The lowest BCUT2D eigenvalue weighted by atomic mass is 10.1. The van der Waals surface area contributed by atoms with Gasteiger partial charge >= 0.3 is 0 Å². The van der Waals surface area contributed by atoms with E-state index in [4.69, 9.17) is 0 Å². The van der Waals surface area contributed by atoms with Gasteiger partial charge in [0.25, 0.3) is 5.91 Å². The van der Waals surface area contributed by atoms with E-state index in [0.717, 1.165) is 28.6 Å². The topological polar surface area (TPSA) is 98.5 Å². The molecule has 0 spiro atoms. The number of amides is 1. The Morgan fingerprint density at radius 3 is 2.85 bits per heavy atom. The third kappa shape index (κ3) is 4.07. The second-order valence-corrected chi connectivity index (χ2v) is 8.10. The van der Waals surface area contributed by atoms with Gasteiger partial charge in [0.15, 0.2) is 0 Å². The Bertz CT molecular complexity index is 901. The molecule has 0 aliphatic heterocycles. The maximum absolute atomic E-state index is 12.2. The lowest BCUT2D eigenvalue weighted by Gasteiger charge is -2.03. The summed E-state index contributed by atoms with van der Waals surface area (Å²) < 4.78 is 1.86. The SMILES string of the molecule is Cc1ccc(CNC(=O)c2nnc(CSc3nnnn3C3CC3)s2)cc1. The molecule has 26 heavy (non-hydrogen) atoms. The minimum Gasteiger partial charge on any atom is -0.346 e. The van der Waals surface area contributed by atoms with Crippen LogP contribution in [-0.4, -0.2) is 36.3 Å². The van der Waals surface area contributed by atoms with Crippen LogP contribution in [0.1, 0.15) is 44.8 Å². The molecule has 0 atom stereocenters. The average Bonchev–Trinajstić information content (AvgIpc) is 3.19. The molecule has 0 unspecified atom stereocenters. The van der Waals surface area contributed by atoms with E-state index >= 15 is 0 Å². The number of hydrogen-bond donors (Lipinski definition) is 1. The van der Waals surface area contributed by atoms with Crippen molar-refractivity contribution in [2.45, 2.75) is 43.3 Å². The van der Waals surface area contributed by atoms with Gasteiger partial charge in [-0.3, -0.25) is 4.79 Å². The zero-order valence-corrected chi connectivity index (χ0v) is 15.8. The first-order valence-electron chi connectivity index (χ1n) is 8.26. The first-order valence-corrected chi connectivity index (χ1v) is 10.1. The van der Waals surface area contributed by atoms with Crippen LogP contribution in [0.2, 0.25) is 0 Å². The molecular weight excluding hydrogens is 370 g/mol. The van der Waals surface area contributed by atoms with Crippen LogP contribution in [0.15, 0.2) is 29.4 Å². The van der Waals surface area contributed by atoms with Crippen molar-refractivity contribution in [1.82, 2.24) is 35.7 Å². The Balaban J connectivity index is 1.31. The highest BCUT2D eigenvalue weighted by molar-refractivity contribution is 7.98. The van der Waals surface area contributed by atoms with E-state index in [1.807, 2.05) is 35.9 Å². The summed E-state index contributed by atoms with van der Waals surface area (Å²) in [6.45, 7) is 2.51. The molecule has 1 N–H and O–H groups in total. The van der Waals surface area contributed by atoms with Crippen molar-refractivity contribution in [3.8, 4) is 0 Å². The molecule has 3 aromatic rings. The normalized spacial score (nSPS) is 13.7. The van der Waals surface area contributed by atoms with Crippen LogP contribution in [0.3, 0.4) is 0 Å². The molecule has 1 aliphatic rings. The standard InChI is InChI=1S/C16H17N7OS2/c1-10-2-4-11(5-3-10)8-17-14(24)15-19-18-13(26-15)9-25-16-20-21-22-23(16)12-6-7-12/h2-5,12H,6-9H2,1H3,(H,17,24). The van der Waals surface area contributed by atoms with E-state index in [1.54, 1.807) is 0 Å². The van der Waals surface area contributed by atoms with Crippen LogP contribution in [0.4, 0.5) is 0 Å². The zero-order valence-electron chi connectivity index (χ0n) is 14.1. The van der Waals surface area contributed by atoms with E-state index in [9.17, 15) is 4.79 Å². The zero-order chi connectivity index (χ0) is 17.9. The van der Waals surface area contributed by atoms with Crippen LogP contribution in [0.5, 0.6) is 0 Å². The van der Waals surface area contributed by atoms with Gasteiger partial charge in [0.1, 0.15) is 5.01 Å². The fourth-order valence-electron chi connectivity index (χ4n) is 2.32. The fraction of sp³-hybridized carbons (Fsp3) is 0.375. The molecule has 0 saturated heterocycles. The molecule has 0 radical (unpaired) electrons. The van der Waals surface area contributed by atoms with Gasteiger partial charge in [0, 0.05) is 6.54 Å². The van der Waals surface area contributed by atoms with Crippen LogP contribution in [0.25, 0.3) is 0 Å². The first kappa shape index (κ1) is 17.1. The molecule has 1 saturated carbocycles. The molecule has 4 rings (SSSR count). The smallest absolute Gasteiger partial charge is 0.282 e. The number of nitrogens with one attached hydrogen (secondary N) is 1. The van der Waals surface area contributed by atoms with Gasteiger partial charge in [-0.15, -0.1) is 15.3 Å². The fourth-order valence-corrected chi connectivity index (χ4v) is 4.01. The Labute approximate surface area is 158 Å². The average molecular weight is 387 g/mol. The maximum Gasteiger partial charge on any atom is 0.282 e. The van der Waals surface area contributed by atoms with Crippen molar-refractivity contribution in [3.05, 3.63) is 45.4 Å². The van der Waals surface area contributed by atoms with Crippen molar-refractivity contribution >= 4 is 29.0 Å². The molecule has 0 bridgehead atoms. The molecule has 1 aromatic carbocycles. The number of benzene rings is 1. The molecule has 1 amide bonds. The summed E-state index contributed by atoms with van der Waals surface area (Å²) in [5.41, 5.74) is 2.25. The molecular formula is C16H17N7OS2. The van der Waals surface area contributed by atoms with Gasteiger partial charge in [0.05, 0.1) is 11.8 Å². The molecule has 2 aromatic heterocycles. The van der Waals surface area contributed by atoms with Gasteiger partial charge in [-0.2, -0.15) is 0 Å². The Morgan fingerprint density at radius 1 is 1.27 bits per heavy atom. The lowest BCUT2D eigenvalue weighted by Crippen LogP contribution is -2.22. The molecule has 1 aliphatic carbocycles. The summed E-state index contributed by atoms with van der Waals surface area (Å²) >= 11 is 2.81. The van der Waals surface area contributed by atoms with E-state index < -0.39 is 0 Å². The highest BCUT2D eigenvalue weighted by Crippen LogP contribution is 2.37. The number of tetrazole rings is 1. The number of aryl methyl sites for hydroxylation is 1. The number of nitrogens with zero attached hydrogens (tertiary/aromatic N) is 6. The van der Waals surface area contributed by atoms with E-state index in [1.165, 1.54) is 28.7 Å². The predicted octanol–water partition coefficient (Wildman–Crippen LogP) is 2.39. The van der Waals surface area contributed by atoms with Crippen LogP contribution in [0, 0.1) is 6.92 Å². The highest BCUT2D eigenvalue weighted by Gasteiger charge is 2.28. The minimum atomic E-state index is -0.206. The maximum atomic E-state index is 12.2. The first-order chi connectivity index (χ1) is 12.7. The van der Waals surface area contributed by atoms with Crippen molar-refractivity contribution in [2.75, 3.05) is 0 Å². The van der Waals surface area contributed by atoms with E-state index in [0.29, 0.717) is 23.3 Å². The van der Waals surface area contributed by atoms with Crippen molar-refractivity contribution in [3.63, 3.8) is 0 Å². The summed E-state index contributed by atoms with van der Waals surface area (Å²) in [4.78, 5) is 12.2. The van der Waals surface area contributed by atoms with Crippen molar-refractivity contribution < 1.29 is 4.79 Å². The van der Waals surface area contributed by atoms with Gasteiger partial charge in [0.2, 0.25) is 10.2 Å². The highest BCUT2D eigenvalue weighted by atomic mass is 32.2. The van der Waals surface area contributed by atoms with Gasteiger partial charge in [-0.05, 0) is 35.8 Å². The second-order valence-electron chi connectivity index (χ2n) is 6.10. The monoisotopic (exact) mass is 387 g/mol. The summed E-state index contributed by atoms with van der Waals surface area (Å²) in [7, 11) is 0. The lowest BCUT2D eigenvalue weighted by molar-refractivity contribution is 0.0950. The minimum absolute atomic E-state index is 0.206. The second kappa shape index (κ2) is 7.50. The number of rotatable bonds is 7. The van der Waals surface area contributed by atoms with Crippen molar-refractivity contribution in [1.29, 1.82) is 0 Å². The Morgan fingerprint density at radius 2 is 2.08 bits per heavy atom. The summed E-state index contributed by atoms with van der Waals surface area (Å²) in [6, 6.07) is 8.49. The third-order valence-electron chi connectivity index (χ3n) is 3.91. The molecule has 10 heteroatoms. The van der Waals surface area contributed by atoms with Gasteiger partial charge in [-0.1, -0.05) is 52.9 Å². The number of hydrogen-bond acceptors (Lipinski definition) is 8. The summed E-state index contributed by atoms with van der Waals surface area (Å²) in [6.07, 6.45) is 2.26. The van der Waals surface area contributed by atoms with E-state index in [2.05, 4.69) is 31.0 Å². The van der Waals surface area contributed by atoms with Crippen LogP contribution in [-0.2, 0) is 12.3 Å². The molecule has 1 fully saturated rings. The number of carbonyl (C=O) groups excluding carboxylic acids is 1. The molecule has 8 nitrogen and oxygen atoms in total. The predicted molar refractivity (Wildman–Crippen MR) is 97.9 cm³/mol. The Hall–Kier alpha value is -2.33. The van der Waals surface area contributed by atoms with Gasteiger partial charge in [-0.25, -0.2) is 4.68 Å². The summed E-state index contributed by atoms with van der Waals surface area (Å²) in [5.74, 6) is 0.387. The summed E-state index contributed by atoms with van der Waals surface area (Å²) in [5, 5.41) is 24.7. The molecule has 134 valence electrons. The molecule has 2 heterocycles. The number of carbonyl (C=O) groups is 1. The van der Waals surface area contributed by atoms with Gasteiger partial charge < -0.3 is 5.32 Å². The number of aromatic nitrogens is 6. The largest absolute Gasteiger partial charge is 0.346 e. The third-order valence-corrected chi connectivity index (χ3v) is 5.96. The van der Waals surface area contributed by atoms with Crippen LogP contribution >= 0.6 is 23.1 Å². The van der Waals surface area contributed by atoms with E-state index in [-0.39, 0.29) is 5.91 Å². The quantitative estimate of drug-likeness (QED) is 0.622. The number of thioether (sulfide) groups is 1. The van der Waals surface area contributed by atoms with Crippen molar-refractivity contribution in [2.24, 2.45) is 0 Å². The van der Waals surface area contributed by atoms with Crippen LogP contribution < -0.4 is 5.32 Å². The Kier molecular flexibility index (Phi) is 4.93.